The minimum absolute atomic E-state index is 0.102. The molecule has 2 amide bonds. The van der Waals surface area contributed by atoms with Crippen LogP contribution in [0.3, 0.4) is 0 Å². The van der Waals surface area contributed by atoms with E-state index in [1.54, 1.807) is 49.5 Å². The summed E-state index contributed by atoms with van der Waals surface area (Å²) in [5.41, 5.74) is 0.778. The Morgan fingerprint density at radius 1 is 1.07 bits per heavy atom. The van der Waals surface area contributed by atoms with Crippen molar-refractivity contribution in [2.45, 2.75) is 64.8 Å². The number of methoxy groups -OCH3 is 3. The smallest absolute Gasteiger partial charge is 0.320 e. The summed E-state index contributed by atoms with van der Waals surface area (Å²) in [6.45, 7) is 4.42. The van der Waals surface area contributed by atoms with Gasteiger partial charge in [0.1, 0.15) is 5.41 Å². The van der Waals surface area contributed by atoms with Gasteiger partial charge in [-0.15, -0.1) is 0 Å². The zero-order valence-electron chi connectivity index (χ0n) is 26.2. The Balaban J connectivity index is 1.49. The van der Waals surface area contributed by atoms with Gasteiger partial charge in [0, 0.05) is 34.6 Å². The molecule has 1 N–H and O–H groups in total. The van der Waals surface area contributed by atoms with Crippen molar-refractivity contribution in [3.05, 3.63) is 69.3 Å². The number of carbonyl (C=O) groups excluding carboxylic acids is 3. The zero-order valence-corrected chi connectivity index (χ0v) is 27.7. The minimum atomic E-state index is -1.26. The summed E-state index contributed by atoms with van der Waals surface area (Å²) in [6, 6.07) is 10.5. The van der Waals surface area contributed by atoms with Crippen LogP contribution in [0.2, 0.25) is 10.0 Å². The molecule has 5 rings (SSSR count). The highest BCUT2D eigenvalue weighted by Gasteiger charge is 2.63. The van der Waals surface area contributed by atoms with Crippen LogP contribution in [0.1, 0.15) is 50.7 Å². The number of amides is 2. The van der Waals surface area contributed by atoms with Crippen LogP contribution in [-0.2, 0) is 36.9 Å². The molecule has 242 valence electrons. The lowest BCUT2D eigenvalue weighted by atomic mass is 9.64. The van der Waals surface area contributed by atoms with Crippen molar-refractivity contribution in [2.24, 2.45) is 23.2 Å². The summed E-state index contributed by atoms with van der Waals surface area (Å²) in [6.07, 6.45) is 2.91. The number of nitrogens with one attached hydrogen (secondary N) is 1. The summed E-state index contributed by atoms with van der Waals surface area (Å²) in [4.78, 5) is 43.3. The fourth-order valence-corrected chi connectivity index (χ4v) is 6.99. The molecule has 0 aromatic heterocycles. The second kappa shape index (κ2) is 13.6. The molecule has 3 aliphatic rings. The molecule has 2 aliphatic heterocycles. The SMILES string of the molecule is COC(=O)[C@]12C[C@H](CC(=O)NCc3ccc(OC)c(OC)c3)C(=O)N(Cc3ccc(Cl)cc3Cl)C1=C[C@H](C(C)C)O[C@@H]2C1CC1. The second-order valence-electron chi connectivity index (χ2n) is 12.3. The molecule has 2 aromatic carbocycles. The number of likely N-dealkylation sites (tertiary alicyclic amines) is 1. The number of hydrogen-bond acceptors (Lipinski definition) is 7. The first kappa shape index (κ1) is 33.1. The van der Waals surface area contributed by atoms with Crippen LogP contribution in [0.25, 0.3) is 0 Å². The monoisotopic (exact) mass is 658 g/mol. The number of carbonyl (C=O) groups is 3. The number of fused-ring (bicyclic) bond motifs is 1. The van der Waals surface area contributed by atoms with E-state index in [9.17, 15) is 14.4 Å². The van der Waals surface area contributed by atoms with Gasteiger partial charge < -0.3 is 29.2 Å². The van der Waals surface area contributed by atoms with Crippen LogP contribution in [0.5, 0.6) is 11.5 Å². The van der Waals surface area contributed by atoms with E-state index in [0.29, 0.717) is 32.8 Å². The molecule has 9 nitrogen and oxygen atoms in total. The number of nitrogens with zero attached hydrogens (tertiary/aromatic N) is 1. The lowest BCUT2D eigenvalue weighted by molar-refractivity contribution is -0.182. The van der Waals surface area contributed by atoms with Crippen LogP contribution >= 0.6 is 23.2 Å². The molecule has 1 saturated heterocycles. The molecule has 1 saturated carbocycles. The van der Waals surface area contributed by atoms with Crippen LogP contribution in [0.15, 0.2) is 48.2 Å². The Hall–Kier alpha value is -3.27. The highest BCUT2D eigenvalue weighted by molar-refractivity contribution is 6.35. The van der Waals surface area contributed by atoms with E-state index in [2.05, 4.69) is 5.32 Å². The topological polar surface area (TPSA) is 103 Å². The maximum absolute atomic E-state index is 14.4. The van der Waals surface area contributed by atoms with Crippen molar-refractivity contribution in [3.8, 4) is 11.5 Å². The number of halogens is 2. The van der Waals surface area contributed by atoms with Gasteiger partial charge in [-0.1, -0.05) is 49.2 Å². The van der Waals surface area contributed by atoms with E-state index in [1.165, 1.54) is 7.11 Å². The van der Waals surface area contributed by atoms with Gasteiger partial charge in [-0.3, -0.25) is 14.4 Å². The molecule has 1 aliphatic carbocycles. The number of ether oxygens (including phenoxy) is 4. The first-order chi connectivity index (χ1) is 21.5. The summed E-state index contributed by atoms with van der Waals surface area (Å²) in [5, 5.41) is 3.80. The predicted molar refractivity (Wildman–Crippen MR) is 170 cm³/mol. The maximum atomic E-state index is 14.4. The third kappa shape index (κ3) is 6.67. The van der Waals surface area contributed by atoms with E-state index in [-0.39, 0.29) is 55.7 Å². The van der Waals surface area contributed by atoms with E-state index in [4.69, 9.17) is 42.1 Å². The van der Waals surface area contributed by atoms with E-state index < -0.39 is 23.4 Å². The molecule has 0 bridgehead atoms. The minimum Gasteiger partial charge on any atom is -0.493 e. The summed E-state index contributed by atoms with van der Waals surface area (Å²) in [7, 11) is 4.46. The number of rotatable bonds is 11. The van der Waals surface area contributed by atoms with Crippen LogP contribution < -0.4 is 14.8 Å². The first-order valence-electron chi connectivity index (χ1n) is 15.2. The van der Waals surface area contributed by atoms with Crippen LogP contribution in [0, 0.1) is 23.2 Å². The molecule has 2 aromatic rings. The third-order valence-corrected chi connectivity index (χ3v) is 9.60. The molecule has 0 spiro atoms. The summed E-state index contributed by atoms with van der Waals surface area (Å²) >= 11 is 12.8. The fourth-order valence-electron chi connectivity index (χ4n) is 6.52. The fraction of sp³-hybridized carbons (Fsp3) is 0.500. The van der Waals surface area contributed by atoms with Gasteiger partial charge in [0.15, 0.2) is 11.5 Å². The number of hydrogen-bond donors (Lipinski definition) is 1. The summed E-state index contributed by atoms with van der Waals surface area (Å²) in [5.74, 6) is -0.481. The average Bonchev–Trinajstić information content (AvgIpc) is 3.87. The quantitative estimate of drug-likeness (QED) is 0.298. The van der Waals surface area contributed by atoms with Crippen molar-refractivity contribution in [1.29, 1.82) is 0 Å². The van der Waals surface area contributed by atoms with Gasteiger partial charge in [0.2, 0.25) is 11.8 Å². The van der Waals surface area contributed by atoms with Crippen molar-refractivity contribution >= 4 is 41.0 Å². The Bertz CT molecular complexity index is 1490. The molecule has 2 heterocycles. The third-order valence-electron chi connectivity index (χ3n) is 9.01. The van der Waals surface area contributed by atoms with Crippen molar-refractivity contribution < 1.29 is 33.3 Å². The number of benzene rings is 2. The molecular weight excluding hydrogens is 619 g/mol. The van der Waals surface area contributed by atoms with E-state index in [1.807, 2.05) is 26.0 Å². The largest absolute Gasteiger partial charge is 0.493 e. The number of esters is 1. The predicted octanol–water partition coefficient (Wildman–Crippen LogP) is 5.94. The Morgan fingerprint density at radius 3 is 2.42 bits per heavy atom. The highest BCUT2D eigenvalue weighted by Crippen LogP contribution is 2.57. The lowest BCUT2D eigenvalue weighted by Gasteiger charge is -2.53. The van der Waals surface area contributed by atoms with E-state index in [0.717, 1.165) is 18.4 Å². The van der Waals surface area contributed by atoms with Crippen LogP contribution in [0.4, 0.5) is 0 Å². The Kier molecular flexibility index (Phi) is 10.0. The van der Waals surface area contributed by atoms with Gasteiger partial charge in [0.05, 0.1) is 40.1 Å². The van der Waals surface area contributed by atoms with Gasteiger partial charge in [-0.2, -0.15) is 0 Å². The van der Waals surface area contributed by atoms with Gasteiger partial charge >= 0.3 is 5.97 Å². The zero-order chi connectivity index (χ0) is 32.5. The molecule has 2 fully saturated rings. The standard InChI is InChI=1S/C34H40Cl2N2O7/c1-19(2)27-15-29-34(33(41)44-5,31(45-27)21-7-8-21)16-23(32(40)38(29)18-22-9-10-24(35)14-25(22)36)13-30(39)37-17-20-6-11-26(42-3)28(12-20)43-4/h6,9-12,14-15,19,21,23,27,31H,7-8,13,16-18H2,1-5H3,(H,37,39)/t23-,27+,31+,34+/m0/s1. The molecule has 45 heavy (non-hydrogen) atoms. The second-order valence-corrected chi connectivity index (χ2v) is 13.2. The van der Waals surface area contributed by atoms with Crippen molar-refractivity contribution in [2.75, 3.05) is 21.3 Å². The molecule has 0 unspecified atom stereocenters. The molecular formula is C34H40Cl2N2O7. The normalized spacial score (nSPS) is 24.5. The van der Waals surface area contributed by atoms with Gasteiger partial charge in [-0.05, 0) is 72.6 Å². The van der Waals surface area contributed by atoms with Crippen molar-refractivity contribution in [3.63, 3.8) is 0 Å². The maximum Gasteiger partial charge on any atom is 0.320 e. The number of piperidine rings is 1. The van der Waals surface area contributed by atoms with E-state index >= 15 is 0 Å². The molecule has 0 radical (unpaired) electrons. The Morgan fingerprint density at radius 2 is 1.80 bits per heavy atom. The lowest BCUT2D eigenvalue weighted by Crippen LogP contribution is -2.61. The average molecular weight is 660 g/mol. The van der Waals surface area contributed by atoms with Crippen LogP contribution in [-0.4, -0.2) is 56.2 Å². The molecule has 11 heteroatoms. The Labute approximate surface area is 274 Å². The van der Waals surface area contributed by atoms with Gasteiger partial charge in [-0.25, -0.2) is 0 Å². The first-order valence-corrected chi connectivity index (χ1v) is 16.0. The summed E-state index contributed by atoms with van der Waals surface area (Å²) < 4.78 is 22.8. The van der Waals surface area contributed by atoms with Crippen molar-refractivity contribution in [1.82, 2.24) is 10.2 Å². The van der Waals surface area contributed by atoms with Gasteiger partial charge in [0.25, 0.3) is 0 Å². The molecule has 4 atom stereocenters. The highest BCUT2D eigenvalue weighted by atomic mass is 35.5.